The van der Waals surface area contributed by atoms with Crippen LogP contribution in [-0.4, -0.2) is 91.3 Å². The van der Waals surface area contributed by atoms with Gasteiger partial charge in [0.05, 0.1) is 5.92 Å². The Morgan fingerprint density at radius 2 is 0.778 bits per heavy atom. The normalized spacial score (nSPS) is 13.7. The molecule has 3 N–H and O–H groups in total. The molecule has 0 radical (unpaired) electrons. The summed E-state index contributed by atoms with van der Waals surface area (Å²) in [5.74, 6) is -4.90. The second-order valence-electron chi connectivity index (χ2n) is 13.3. The van der Waals surface area contributed by atoms with E-state index in [1.807, 2.05) is 0 Å². The molecule has 0 heterocycles. The number of unbranched alkanes of at least 4 members (excludes halogenated alkanes) is 26. The summed E-state index contributed by atoms with van der Waals surface area (Å²) in [6.45, 7) is 4.46. The number of carbonyl (C=O) groups is 2. The summed E-state index contributed by atoms with van der Waals surface area (Å²) >= 11 is 0. The van der Waals surface area contributed by atoms with Crippen LogP contribution in [0, 0.1) is 5.92 Å². The average molecular weight is 687 g/mol. The van der Waals surface area contributed by atoms with Crippen LogP contribution >= 0.6 is 0 Å². The molecule has 0 aliphatic rings. The fourth-order valence-electron chi connectivity index (χ4n) is 6.53. The van der Waals surface area contributed by atoms with Crippen LogP contribution in [0.15, 0.2) is 0 Å². The zero-order chi connectivity index (χ0) is 32.9. The van der Waals surface area contributed by atoms with Crippen molar-refractivity contribution in [2.24, 2.45) is 5.92 Å². The van der Waals surface area contributed by atoms with Gasteiger partial charge in [0.2, 0.25) is 4.75 Å². The Morgan fingerprint density at radius 3 is 1.02 bits per heavy atom. The Morgan fingerprint density at radius 1 is 0.511 bits per heavy atom. The molecule has 0 fully saturated rings. The second kappa shape index (κ2) is 31.7. The van der Waals surface area contributed by atoms with Crippen molar-refractivity contribution < 1.29 is 32.8 Å². The van der Waals surface area contributed by atoms with E-state index in [1.165, 1.54) is 116 Å². The van der Waals surface area contributed by atoms with Crippen LogP contribution < -0.4 is 0 Å². The molecule has 0 rings (SSSR count). The Balaban J connectivity index is 0. The van der Waals surface area contributed by atoms with Crippen molar-refractivity contribution in [2.75, 3.05) is 0 Å². The number of aliphatic carboxylic acids is 2. The maximum absolute atomic E-state index is 12.5. The molecule has 0 aliphatic carbocycles. The van der Waals surface area contributed by atoms with Gasteiger partial charge in [0.25, 0.3) is 10.1 Å². The molecule has 0 aromatic heterocycles. The fraction of sp³-hybridized carbons (Fsp3) is 0.944. The SMILES string of the molecule is CCCCCCCCCCCCCCCCC(C(=O)O)C(CCCCCCCCCCCCCCCC)(C(=O)O)S(=O)(=O)O.[KH]. The zero-order valence-corrected chi connectivity index (χ0v) is 29.5. The summed E-state index contributed by atoms with van der Waals surface area (Å²) < 4.78 is 32.3. The van der Waals surface area contributed by atoms with Gasteiger partial charge in [0, 0.05) is 0 Å². The summed E-state index contributed by atoms with van der Waals surface area (Å²) in [5.41, 5.74) is 0. The van der Waals surface area contributed by atoms with E-state index in [2.05, 4.69) is 13.8 Å². The molecule has 2 atom stereocenters. The van der Waals surface area contributed by atoms with E-state index in [-0.39, 0.29) is 70.6 Å². The minimum atomic E-state index is -5.14. The summed E-state index contributed by atoms with van der Waals surface area (Å²) in [6.07, 6.45) is 30.7. The zero-order valence-electron chi connectivity index (χ0n) is 28.7. The molecule has 9 heteroatoms. The maximum atomic E-state index is 12.5. The third-order valence-electron chi connectivity index (χ3n) is 9.43. The van der Waals surface area contributed by atoms with Crippen molar-refractivity contribution in [3.05, 3.63) is 0 Å². The van der Waals surface area contributed by atoms with Crippen LogP contribution in [0.1, 0.15) is 206 Å². The molecule has 0 saturated heterocycles. The Hall–Kier alpha value is 0.486. The monoisotopic (exact) mass is 686 g/mol. The van der Waals surface area contributed by atoms with Gasteiger partial charge in [0.15, 0.2) is 0 Å². The Kier molecular flexibility index (Phi) is 33.6. The van der Waals surface area contributed by atoms with Gasteiger partial charge in [-0.25, -0.2) is 0 Å². The van der Waals surface area contributed by atoms with Gasteiger partial charge in [-0.15, -0.1) is 0 Å². The molecule has 0 aromatic rings. The predicted molar refractivity (Wildman–Crippen MR) is 190 cm³/mol. The minimum absolute atomic E-state index is 0. The van der Waals surface area contributed by atoms with Crippen LogP contribution in [0.3, 0.4) is 0 Å². The quantitative estimate of drug-likeness (QED) is 0.0349. The van der Waals surface area contributed by atoms with E-state index in [1.54, 1.807) is 0 Å². The van der Waals surface area contributed by atoms with Gasteiger partial charge in [-0.3, -0.25) is 14.1 Å². The van der Waals surface area contributed by atoms with Gasteiger partial charge in [-0.2, -0.15) is 8.42 Å². The summed E-state index contributed by atoms with van der Waals surface area (Å²) in [6, 6.07) is 0. The first-order valence-electron chi connectivity index (χ1n) is 18.6. The molecule has 0 bridgehead atoms. The topological polar surface area (TPSA) is 129 Å². The summed E-state index contributed by atoms with van der Waals surface area (Å²) in [4.78, 5) is 24.5. The van der Waals surface area contributed by atoms with Crippen LogP contribution in [0.2, 0.25) is 0 Å². The van der Waals surface area contributed by atoms with E-state index in [0.29, 0.717) is 12.8 Å². The standard InChI is InChI=1S/C36H70O7S.K.H/c1-3-5-7-9-11-13-15-17-19-21-23-25-27-29-31-33(34(37)38)36(35(39)40,44(41,42)43)32-30-28-26-24-22-20-18-16-14-12-10-8-6-4-2;;/h33H,3-32H2,1-2H3,(H,37,38)(H,39,40)(H,41,42,43);;. The molecule has 0 aliphatic heterocycles. The summed E-state index contributed by atoms with van der Waals surface area (Å²) in [7, 11) is -5.14. The van der Waals surface area contributed by atoms with Gasteiger partial charge < -0.3 is 10.2 Å². The first-order valence-corrected chi connectivity index (χ1v) is 20.0. The molecule has 45 heavy (non-hydrogen) atoms. The Labute approximate surface area is 320 Å². The third-order valence-corrected chi connectivity index (χ3v) is 11.0. The van der Waals surface area contributed by atoms with Crippen molar-refractivity contribution in [2.45, 2.75) is 211 Å². The van der Waals surface area contributed by atoms with Crippen LogP contribution in [-0.2, 0) is 19.7 Å². The van der Waals surface area contributed by atoms with E-state index < -0.39 is 32.7 Å². The first-order chi connectivity index (χ1) is 21.1. The van der Waals surface area contributed by atoms with Crippen molar-refractivity contribution in [3.63, 3.8) is 0 Å². The molecule has 0 amide bonds. The fourth-order valence-corrected chi connectivity index (χ4v) is 7.73. The van der Waals surface area contributed by atoms with E-state index in [9.17, 15) is 32.8 Å². The first kappa shape index (κ1) is 47.6. The number of hydrogen-bond donors (Lipinski definition) is 3. The van der Waals surface area contributed by atoms with Crippen LogP contribution in [0.4, 0.5) is 0 Å². The van der Waals surface area contributed by atoms with Crippen molar-refractivity contribution >= 4 is 73.4 Å². The number of hydrogen-bond acceptors (Lipinski definition) is 4. The Bertz CT molecular complexity index is 805. The van der Waals surface area contributed by atoms with Gasteiger partial charge in [-0.05, 0) is 12.8 Å². The van der Waals surface area contributed by atoms with Gasteiger partial charge in [0.1, 0.15) is 0 Å². The molecule has 264 valence electrons. The average Bonchev–Trinajstić information content (AvgIpc) is 2.97. The van der Waals surface area contributed by atoms with E-state index >= 15 is 0 Å². The molecule has 2 unspecified atom stereocenters. The number of carboxylic acids is 2. The molecular weight excluding hydrogens is 616 g/mol. The molecule has 0 spiro atoms. The molecule has 7 nitrogen and oxygen atoms in total. The van der Waals surface area contributed by atoms with E-state index in [4.69, 9.17) is 0 Å². The molecule has 0 aromatic carbocycles. The second-order valence-corrected chi connectivity index (χ2v) is 15.0. The summed E-state index contributed by atoms with van der Waals surface area (Å²) in [5, 5.41) is 19.9. The van der Waals surface area contributed by atoms with Gasteiger partial charge in [-0.1, -0.05) is 194 Å². The van der Waals surface area contributed by atoms with Crippen LogP contribution in [0.5, 0.6) is 0 Å². The van der Waals surface area contributed by atoms with Crippen molar-refractivity contribution in [1.29, 1.82) is 0 Å². The van der Waals surface area contributed by atoms with Gasteiger partial charge >= 0.3 is 63.3 Å². The van der Waals surface area contributed by atoms with E-state index in [0.717, 1.165) is 44.9 Å². The number of carboxylic acid groups (broad SMARTS) is 2. The van der Waals surface area contributed by atoms with Crippen molar-refractivity contribution in [3.8, 4) is 0 Å². The molecular formula is C36H71KO7S. The number of rotatable bonds is 34. The third kappa shape index (κ3) is 23.5. The van der Waals surface area contributed by atoms with Crippen LogP contribution in [0.25, 0.3) is 0 Å². The predicted octanol–water partition coefficient (Wildman–Crippen LogP) is 10.5. The van der Waals surface area contributed by atoms with Crippen molar-refractivity contribution in [1.82, 2.24) is 0 Å². The molecule has 0 saturated carbocycles.